The number of nitrogens with zero attached hydrogens (tertiary/aromatic N) is 2. The van der Waals surface area contributed by atoms with Crippen LogP contribution in [0.25, 0.3) is 10.8 Å². The van der Waals surface area contributed by atoms with Crippen LogP contribution in [0.1, 0.15) is 23.7 Å². The molecule has 2 heterocycles. The highest BCUT2D eigenvalue weighted by molar-refractivity contribution is 7.13. The minimum absolute atomic E-state index is 0.215. The molecule has 0 aromatic carbocycles. The fourth-order valence-electron chi connectivity index (χ4n) is 1.08. The number of aryl methyl sites for hydroxylation is 1. The molecule has 0 spiro atoms. The van der Waals surface area contributed by atoms with Gasteiger partial charge in [-0.15, -0.1) is 22.9 Å². The summed E-state index contributed by atoms with van der Waals surface area (Å²) in [4.78, 5) is 5.23. The van der Waals surface area contributed by atoms with Gasteiger partial charge >= 0.3 is 0 Å². The van der Waals surface area contributed by atoms with E-state index in [1.165, 1.54) is 0 Å². The van der Waals surface area contributed by atoms with Crippen molar-refractivity contribution in [2.45, 2.75) is 19.2 Å². The number of hydrogen-bond acceptors (Lipinski definition) is 4. The molecule has 0 bridgehead atoms. The molecule has 2 aromatic rings. The summed E-state index contributed by atoms with van der Waals surface area (Å²) < 4.78 is 5.12. The molecule has 0 N–H and O–H groups in total. The second kappa shape index (κ2) is 3.71. The average Bonchev–Trinajstić information content (AvgIpc) is 2.71. The molecule has 0 fully saturated rings. The first-order chi connectivity index (χ1) is 6.68. The van der Waals surface area contributed by atoms with E-state index in [-0.39, 0.29) is 5.38 Å². The van der Waals surface area contributed by atoms with Crippen LogP contribution in [0, 0.1) is 6.92 Å². The molecule has 0 amide bonds. The van der Waals surface area contributed by atoms with Gasteiger partial charge < -0.3 is 4.52 Å². The first kappa shape index (κ1) is 9.68. The zero-order valence-corrected chi connectivity index (χ0v) is 9.39. The van der Waals surface area contributed by atoms with Crippen LogP contribution in [0.5, 0.6) is 0 Å². The summed E-state index contributed by atoms with van der Waals surface area (Å²) in [5.41, 5.74) is 1.15. The number of thiophene rings is 1. The average molecular weight is 229 g/mol. The van der Waals surface area contributed by atoms with Crippen molar-refractivity contribution in [3.8, 4) is 10.8 Å². The molecule has 0 saturated heterocycles. The lowest BCUT2D eigenvalue weighted by Gasteiger charge is -1.90. The normalized spacial score (nSPS) is 13.1. The maximum Gasteiger partial charge on any atom is 0.268 e. The Morgan fingerprint density at radius 2 is 2.36 bits per heavy atom. The molecule has 0 saturated carbocycles. The molecule has 14 heavy (non-hydrogen) atoms. The molecule has 0 aliphatic rings. The molecule has 3 nitrogen and oxygen atoms in total. The van der Waals surface area contributed by atoms with E-state index in [2.05, 4.69) is 10.1 Å². The van der Waals surface area contributed by atoms with Gasteiger partial charge in [-0.2, -0.15) is 4.98 Å². The van der Waals surface area contributed by atoms with Crippen LogP contribution in [0.2, 0.25) is 0 Å². The van der Waals surface area contributed by atoms with Gasteiger partial charge in [0.2, 0.25) is 0 Å². The lowest BCUT2D eigenvalue weighted by atomic mass is 10.3. The van der Waals surface area contributed by atoms with Crippen LogP contribution in [0.15, 0.2) is 16.0 Å². The summed E-state index contributed by atoms with van der Waals surface area (Å²) in [6.07, 6.45) is 0. The zero-order chi connectivity index (χ0) is 10.1. The predicted octanol–water partition coefficient (Wildman–Crippen LogP) is 3.41. The molecule has 5 heteroatoms. The Morgan fingerprint density at radius 1 is 1.57 bits per heavy atom. The van der Waals surface area contributed by atoms with Gasteiger partial charge in [0.05, 0.1) is 10.3 Å². The van der Waals surface area contributed by atoms with Gasteiger partial charge in [0, 0.05) is 0 Å². The molecule has 1 atom stereocenters. The van der Waals surface area contributed by atoms with Crippen molar-refractivity contribution in [1.82, 2.24) is 10.1 Å². The van der Waals surface area contributed by atoms with E-state index in [4.69, 9.17) is 16.1 Å². The summed E-state index contributed by atoms with van der Waals surface area (Å²) >= 11 is 7.42. The highest BCUT2D eigenvalue weighted by Crippen LogP contribution is 2.28. The van der Waals surface area contributed by atoms with Gasteiger partial charge in [0.25, 0.3) is 5.89 Å². The fraction of sp³-hybridized carbons (Fsp3) is 0.333. The highest BCUT2D eigenvalue weighted by atomic mass is 35.5. The standard InChI is InChI=1S/C9H9ClN2OS/c1-5-3-4-14-7(5)9-11-8(6(2)10)12-13-9/h3-4,6H,1-2H3. The molecule has 0 aliphatic carbocycles. The third-order valence-corrected chi connectivity index (χ3v) is 3.05. The lowest BCUT2D eigenvalue weighted by Crippen LogP contribution is -1.86. The predicted molar refractivity (Wildman–Crippen MR) is 56.6 cm³/mol. The maximum atomic E-state index is 5.84. The van der Waals surface area contributed by atoms with Gasteiger partial charge in [0.1, 0.15) is 0 Å². The molecule has 2 rings (SSSR count). The maximum absolute atomic E-state index is 5.84. The van der Waals surface area contributed by atoms with Crippen molar-refractivity contribution in [2.24, 2.45) is 0 Å². The van der Waals surface area contributed by atoms with Crippen molar-refractivity contribution in [2.75, 3.05) is 0 Å². The number of halogens is 1. The summed E-state index contributed by atoms with van der Waals surface area (Å²) in [5.74, 6) is 1.09. The van der Waals surface area contributed by atoms with E-state index in [0.717, 1.165) is 10.4 Å². The Hall–Kier alpha value is -0.870. The molecular formula is C9H9ClN2OS. The summed E-state index contributed by atoms with van der Waals surface area (Å²) in [6, 6.07) is 2.02. The van der Waals surface area contributed by atoms with Crippen molar-refractivity contribution < 1.29 is 4.52 Å². The SMILES string of the molecule is Cc1ccsc1-c1nc(C(C)Cl)no1. The number of aromatic nitrogens is 2. The van der Waals surface area contributed by atoms with Gasteiger partial charge in [-0.1, -0.05) is 5.16 Å². The van der Waals surface area contributed by atoms with Crippen molar-refractivity contribution in [1.29, 1.82) is 0 Å². The Bertz CT molecular complexity index is 435. The number of rotatable bonds is 2. The van der Waals surface area contributed by atoms with Gasteiger partial charge in [-0.25, -0.2) is 0 Å². The Morgan fingerprint density at radius 3 is 2.86 bits per heavy atom. The second-order valence-corrected chi connectivity index (χ2v) is 4.58. The third-order valence-electron chi connectivity index (χ3n) is 1.85. The Kier molecular flexibility index (Phi) is 2.56. The summed E-state index contributed by atoms with van der Waals surface area (Å²) in [7, 11) is 0. The minimum atomic E-state index is -0.215. The third kappa shape index (κ3) is 1.67. The van der Waals surface area contributed by atoms with E-state index < -0.39 is 0 Å². The van der Waals surface area contributed by atoms with Crippen LogP contribution < -0.4 is 0 Å². The molecule has 74 valence electrons. The van der Waals surface area contributed by atoms with Crippen molar-refractivity contribution in [3.63, 3.8) is 0 Å². The highest BCUT2D eigenvalue weighted by Gasteiger charge is 2.14. The van der Waals surface area contributed by atoms with Crippen LogP contribution in [0.3, 0.4) is 0 Å². The smallest absolute Gasteiger partial charge is 0.268 e. The molecular weight excluding hydrogens is 220 g/mol. The van der Waals surface area contributed by atoms with Crippen molar-refractivity contribution >= 4 is 22.9 Å². The number of alkyl halides is 1. The Balaban J connectivity index is 2.39. The second-order valence-electron chi connectivity index (χ2n) is 3.01. The fourth-order valence-corrected chi connectivity index (χ4v) is 2.02. The van der Waals surface area contributed by atoms with E-state index >= 15 is 0 Å². The summed E-state index contributed by atoms with van der Waals surface area (Å²) in [5, 5.41) is 5.59. The minimum Gasteiger partial charge on any atom is -0.333 e. The quantitative estimate of drug-likeness (QED) is 0.740. The number of hydrogen-bond donors (Lipinski definition) is 0. The van der Waals surface area contributed by atoms with Crippen LogP contribution in [-0.2, 0) is 0 Å². The largest absolute Gasteiger partial charge is 0.333 e. The molecule has 0 aliphatic heterocycles. The van der Waals surface area contributed by atoms with E-state index in [9.17, 15) is 0 Å². The topological polar surface area (TPSA) is 38.9 Å². The van der Waals surface area contributed by atoms with Gasteiger partial charge in [0.15, 0.2) is 5.82 Å². The van der Waals surface area contributed by atoms with Crippen LogP contribution >= 0.6 is 22.9 Å². The monoisotopic (exact) mass is 228 g/mol. The molecule has 1 unspecified atom stereocenters. The Labute approximate surface area is 90.7 Å². The van der Waals surface area contributed by atoms with E-state index in [1.54, 1.807) is 11.3 Å². The van der Waals surface area contributed by atoms with E-state index in [0.29, 0.717) is 11.7 Å². The zero-order valence-electron chi connectivity index (χ0n) is 7.82. The van der Waals surface area contributed by atoms with Crippen molar-refractivity contribution in [3.05, 3.63) is 22.8 Å². The van der Waals surface area contributed by atoms with Gasteiger partial charge in [-0.05, 0) is 30.9 Å². The van der Waals surface area contributed by atoms with E-state index in [1.807, 2.05) is 25.3 Å². The first-order valence-corrected chi connectivity index (χ1v) is 5.52. The first-order valence-electron chi connectivity index (χ1n) is 4.20. The lowest BCUT2D eigenvalue weighted by molar-refractivity contribution is 0.423. The van der Waals surface area contributed by atoms with Crippen LogP contribution in [-0.4, -0.2) is 10.1 Å². The summed E-state index contributed by atoms with van der Waals surface area (Å²) in [6.45, 7) is 3.83. The molecule has 0 radical (unpaired) electrons. The van der Waals surface area contributed by atoms with Crippen LogP contribution in [0.4, 0.5) is 0 Å². The van der Waals surface area contributed by atoms with Gasteiger partial charge in [-0.3, -0.25) is 0 Å². The molecule has 2 aromatic heterocycles.